The Morgan fingerprint density at radius 1 is 1.25 bits per heavy atom. The van der Waals surface area contributed by atoms with Crippen molar-refractivity contribution in [2.45, 2.75) is 31.6 Å². The van der Waals surface area contributed by atoms with Crippen molar-refractivity contribution in [3.8, 4) is 0 Å². The Kier molecular flexibility index (Phi) is 2.77. The lowest BCUT2D eigenvalue weighted by molar-refractivity contribution is -0.126. The average molecular weight is 217 g/mol. The van der Waals surface area contributed by atoms with Crippen molar-refractivity contribution >= 4 is 11.8 Å². The molecule has 0 aromatic heterocycles. The van der Waals surface area contributed by atoms with Gasteiger partial charge in [-0.2, -0.15) is 0 Å². The lowest BCUT2D eigenvalue weighted by atomic mass is 9.75. The van der Waals surface area contributed by atoms with E-state index in [1.54, 1.807) is 0 Å². The summed E-state index contributed by atoms with van der Waals surface area (Å²) in [5, 5.41) is 2.41. The molecule has 1 atom stereocenters. The summed E-state index contributed by atoms with van der Waals surface area (Å²) in [5.41, 5.74) is 0.313. The summed E-state index contributed by atoms with van der Waals surface area (Å²) in [7, 11) is 0. The van der Waals surface area contributed by atoms with E-state index in [0.717, 1.165) is 12.0 Å². The maximum Gasteiger partial charge on any atom is 0.237 e. The van der Waals surface area contributed by atoms with Gasteiger partial charge in [-0.3, -0.25) is 14.9 Å². The molecule has 2 amide bonds. The Bertz CT molecular complexity index is 413. The van der Waals surface area contributed by atoms with Gasteiger partial charge in [0.05, 0.1) is 5.41 Å². The number of carbonyl (C=O) groups is 2. The number of hydrogen-bond acceptors (Lipinski definition) is 2. The molecule has 0 aliphatic carbocycles. The van der Waals surface area contributed by atoms with Crippen molar-refractivity contribution in [1.29, 1.82) is 0 Å². The maximum absolute atomic E-state index is 12.0. The van der Waals surface area contributed by atoms with E-state index in [0.29, 0.717) is 6.42 Å². The highest BCUT2D eigenvalue weighted by Crippen LogP contribution is 2.36. The number of amides is 2. The second kappa shape index (κ2) is 4.08. The Hall–Kier alpha value is -1.64. The van der Waals surface area contributed by atoms with Crippen molar-refractivity contribution in [3.63, 3.8) is 0 Å². The smallest absolute Gasteiger partial charge is 0.237 e. The van der Waals surface area contributed by atoms with Gasteiger partial charge in [0.1, 0.15) is 0 Å². The summed E-state index contributed by atoms with van der Waals surface area (Å²) in [6.07, 6.45) is 1.88. The van der Waals surface area contributed by atoms with Gasteiger partial charge in [-0.25, -0.2) is 0 Å². The van der Waals surface area contributed by atoms with Crippen LogP contribution in [0.3, 0.4) is 0 Å². The molecule has 1 unspecified atom stereocenters. The fourth-order valence-corrected chi connectivity index (χ4v) is 2.41. The Balaban J connectivity index is 2.44. The lowest BCUT2D eigenvalue weighted by Gasteiger charge is -2.25. The van der Waals surface area contributed by atoms with E-state index < -0.39 is 5.41 Å². The van der Waals surface area contributed by atoms with Crippen molar-refractivity contribution in [1.82, 2.24) is 5.32 Å². The second-order valence-corrected chi connectivity index (χ2v) is 4.25. The molecule has 1 heterocycles. The zero-order chi connectivity index (χ0) is 11.6. The molecule has 16 heavy (non-hydrogen) atoms. The van der Waals surface area contributed by atoms with Crippen LogP contribution in [0.2, 0.25) is 0 Å². The minimum atomic E-state index is -0.632. The highest BCUT2D eigenvalue weighted by atomic mass is 16.2. The van der Waals surface area contributed by atoms with Crippen molar-refractivity contribution in [3.05, 3.63) is 35.9 Å². The summed E-state index contributed by atoms with van der Waals surface area (Å²) in [6.45, 7) is 2.03. The van der Waals surface area contributed by atoms with Gasteiger partial charge < -0.3 is 0 Å². The standard InChI is InChI=1S/C13H15NO2/c1-2-8-13(9-11(15)14-12(13)16)10-6-4-3-5-7-10/h3-7H,2,8-9H2,1H3,(H,14,15,16). The van der Waals surface area contributed by atoms with Crippen LogP contribution in [-0.2, 0) is 15.0 Å². The molecule has 84 valence electrons. The zero-order valence-electron chi connectivity index (χ0n) is 9.32. The number of benzene rings is 1. The molecular weight excluding hydrogens is 202 g/mol. The zero-order valence-corrected chi connectivity index (χ0v) is 9.32. The van der Waals surface area contributed by atoms with Gasteiger partial charge in [-0.05, 0) is 12.0 Å². The first-order valence-corrected chi connectivity index (χ1v) is 5.59. The average Bonchev–Trinajstić information content (AvgIpc) is 2.57. The molecule has 0 bridgehead atoms. The van der Waals surface area contributed by atoms with E-state index in [9.17, 15) is 9.59 Å². The first-order valence-electron chi connectivity index (χ1n) is 5.59. The van der Waals surface area contributed by atoms with Crippen molar-refractivity contribution < 1.29 is 9.59 Å². The van der Waals surface area contributed by atoms with E-state index in [4.69, 9.17) is 0 Å². The minimum Gasteiger partial charge on any atom is -0.296 e. The highest BCUT2D eigenvalue weighted by Gasteiger charge is 2.46. The van der Waals surface area contributed by atoms with Gasteiger partial charge in [-0.15, -0.1) is 0 Å². The Labute approximate surface area is 94.9 Å². The van der Waals surface area contributed by atoms with E-state index in [1.807, 2.05) is 37.3 Å². The van der Waals surface area contributed by atoms with Crippen molar-refractivity contribution in [2.24, 2.45) is 0 Å². The number of hydrogen-bond donors (Lipinski definition) is 1. The topological polar surface area (TPSA) is 46.2 Å². The van der Waals surface area contributed by atoms with E-state index in [2.05, 4.69) is 5.32 Å². The van der Waals surface area contributed by atoms with Crippen LogP contribution in [-0.4, -0.2) is 11.8 Å². The largest absolute Gasteiger partial charge is 0.296 e. The SMILES string of the molecule is CCCC1(c2ccccc2)CC(=O)NC1=O. The van der Waals surface area contributed by atoms with Crippen LogP contribution < -0.4 is 5.32 Å². The number of rotatable bonds is 3. The minimum absolute atomic E-state index is 0.148. The highest BCUT2D eigenvalue weighted by molar-refractivity contribution is 6.09. The first-order chi connectivity index (χ1) is 7.69. The molecule has 1 fully saturated rings. The molecule has 1 aliphatic heterocycles. The summed E-state index contributed by atoms with van der Waals surface area (Å²) < 4.78 is 0. The van der Waals surface area contributed by atoms with Crippen LogP contribution in [0.25, 0.3) is 0 Å². The summed E-state index contributed by atoms with van der Waals surface area (Å²) >= 11 is 0. The van der Waals surface area contributed by atoms with E-state index in [-0.39, 0.29) is 18.2 Å². The Morgan fingerprint density at radius 2 is 1.94 bits per heavy atom. The molecule has 2 rings (SSSR count). The molecule has 3 heteroatoms. The fraction of sp³-hybridized carbons (Fsp3) is 0.385. The van der Waals surface area contributed by atoms with Gasteiger partial charge in [0.15, 0.2) is 0 Å². The maximum atomic E-state index is 12.0. The third kappa shape index (κ3) is 1.62. The number of imide groups is 1. The second-order valence-electron chi connectivity index (χ2n) is 4.25. The molecule has 1 aromatic carbocycles. The van der Waals surface area contributed by atoms with Crippen LogP contribution in [0.15, 0.2) is 30.3 Å². The number of carbonyl (C=O) groups excluding carboxylic acids is 2. The summed E-state index contributed by atoms with van der Waals surface area (Å²) in [6, 6.07) is 9.57. The molecule has 0 spiro atoms. The molecule has 3 nitrogen and oxygen atoms in total. The van der Waals surface area contributed by atoms with Crippen LogP contribution in [0.4, 0.5) is 0 Å². The molecule has 0 saturated carbocycles. The molecule has 1 aliphatic rings. The van der Waals surface area contributed by atoms with Crippen molar-refractivity contribution in [2.75, 3.05) is 0 Å². The van der Waals surface area contributed by atoms with Gasteiger partial charge in [0, 0.05) is 6.42 Å². The van der Waals surface area contributed by atoms with Gasteiger partial charge in [0.25, 0.3) is 0 Å². The molecule has 1 aromatic rings. The Morgan fingerprint density at radius 3 is 2.44 bits per heavy atom. The van der Waals surface area contributed by atoms with E-state index >= 15 is 0 Å². The van der Waals surface area contributed by atoms with Crippen LogP contribution in [0.5, 0.6) is 0 Å². The number of nitrogens with one attached hydrogen (secondary N) is 1. The van der Waals surface area contributed by atoms with Gasteiger partial charge in [-0.1, -0.05) is 43.7 Å². The lowest BCUT2D eigenvalue weighted by Crippen LogP contribution is -2.35. The fourth-order valence-electron chi connectivity index (χ4n) is 2.41. The predicted molar refractivity (Wildman–Crippen MR) is 60.8 cm³/mol. The van der Waals surface area contributed by atoms with Gasteiger partial charge in [0.2, 0.25) is 11.8 Å². The molecular formula is C13H15NO2. The van der Waals surface area contributed by atoms with Crippen LogP contribution in [0, 0.1) is 0 Å². The molecule has 1 N–H and O–H groups in total. The van der Waals surface area contributed by atoms with Crippen LogP contribution in [0.1, 0.15) is 31.7 Å². The molecule has 0 radical (unpaired) electrons. The third-order valence-corrected chi connectivity index (χ3v) is 3.15. The van der Waals surface area contributed by atoms with E-state index in [1.165, 1.54) is 0 Å². The first kappa shape index (κ1) is 10.9. The van der Waals surface area contributed by atoms with Crippen LogP contribution >= 0.6 is 0 Å². The monoisotopic (exact) mass is 217 g/mol. The predicted octanol–water partition coefficient (Wildman–Crippen LogP) is 1.77. The van der Waals surface area contributed by atoms with Gasteiger partial charge >= 0.3 is 0 Å². The molecule has 1 saturated heterocycles. The quantitative estimate of drug-likeness (QED) is 0.784. The normalized spacial score (nSPS) is 24.6. The third-order valence-electron chi connectivity index (χ3n) is 3.15. The summed E-state index contributed by atoms with van der Waals surface area (Å²) in [4.78, 5) is 23.4. The summed E-state index contributed by atoms with van der Waals surface area (Å²) in [5.74, 6) is -0.312.